The first-order valence-corrected chi connectivity index (χ1v) is 13.2. The van der Waals surface area contributed by atoms with E-state index in [0.29, 0.717) is 12.8 Å². The molecule has 8 nitrogen and oxygen atoms in total. The number of hydrogen-bond acceptors (Lipinski definition) is 5. The predicted molar refractivity (Wildman–Crippen MR) is 141 cm³/mol. The van der Waals surface area contributed by atoms with Gasteiger partial charge in [0, 0.05) is 36.6 Å². The Morgan fingerprint density at radius 1 is 1.19 bits per heavy atom. The van der Waals surface area contributed by atoms with Crippen LogP contribution in [-0.2, 0) is 16.9 Å². The van der Waals surface area contributed by atoms with Gasteiger partial charge in [0.1, 0.15) is 11.1 Å². The van der Waals surface area contributed by atoms with Crippen LogP contribution in [-0.4, -0.2) is 46.1 Å². The van der Waals surface area contributed by atoms with Crippen molar-refractivity contribution in [2.75, 3.05) is 25.0 Å². The summed E-state index contributed by atoms with van der Waals surface area (Å²) in [4.78, 5) is 31.6. The molecule has 0 atom stereocenters. The molecule has 186 valence electrons. The summed E-state index contributed by atoms with van der Waals surface area (Å²) in [7, 11) is 0. The summed E-state index contributed by atoms with van der Waals surface area (Å²) in [6.07, 6.45) is 4.71. The van der Waals surface area contributed by atoms with E-state index in [1.807, 2.05) is 12.1 Å². The molecule has 2 aromatic heterocycles. The summed E-state index contributed by atoms with van der Waals surface area (Å²) < 4.78 is 2.48. The Bertz CT molecular complexity index is 1310. The topological polar surface area (TPSA) is 97.6 Å². The Balaban J connectivity index is 1.28. The highest BCUT2D eigenvalue weighted by Gasteiger charge is 2.41. The van der Waals surface area contributed by atoms with E-state index in [2.05, 4.69) is 44.4 Å². The maximum Gasteiger partial charge on any atom is 0.254 e. The summed E-state index contributed by atoms with van der Waals surface area (Å²) in [5, 5.41) is 7.32. The van der Waals surface area contributed by atoms with Crippen LogP contribution in [0.25, 0.3) is 15.3 Å². The van der Waals surface area contributed by atoms with Crippen molar-refractivity contribution in [1.82, 2.24) is 14.7 Å². The second kappa shape index (κ2) is 10.1. The van der Waals surface area contributed by atoms with Crippen molar-refractivity contribution in [3.05, 3.63) is 69.5 Å². The van der Waals surface area contributed by atoms with E-state index in [1.165, 1.54) is 5.56 Å². The SMILES string of the molecule is [C-]#[N+]CC1(n2cc(C(N)=O)c(NC(=O)C3CC3)n2)CCN(Cc2ccc(-c3ccc(Cl)s3)cc2)CC1. The van der Waals surface area contributed by atoms with Crippen molar-refractivity contribution in [3.63, 3.8) is 0 Å². The number of aromatic nitrogens is 2. The zero-order valence-corrected chi connectivity index (χ0v) is 21.3. The van der Waals surface area contributed by atoms with Gasteiger partial charge in [-0.25, -0.2) is 6.57 Å². The Kier molecular flexibility index (Phi) is 6.84. The Hall–Kier alpha value is -3.19. The van der Waals surface area contributed by atoms with Crippen LogP contribution in [0.2, 0.25) is 4.34 Å². The molecular formula is C26H27ClN6O2S. The van der Waals surface area contributed by atoms with Gasteiger partial charge in [0.25, 0.3) is 5.91 Å². The third kappa shape index (κ3) is 5.16. The molecule has 36 heavy (non-hydrogen) atoms. The highest BCUT2D eigenvalue weighted by molar-refractivity contribution is 7.19. The minimum atomic E-state index is -0.643. The molecule has 0 radical (unpaired) electrons. The van der Waals surface area contributed by atoms with Crippen LogP contribution in [0.5, 0.6) is 0 Å². The highest BCUT2D eigenvalue weighted by atomic mass is 35.5. The fourth-order valence-corrected chi connectivity index (χ4v) is 5.74. The minimum Gasteiger partial charge on any atom is -0.365 e. The summed E-state index contributed by atoms with van der Waals surface area (Å²) in [5.74, 6) is -0.604. The summed E-state index contributed by atoms with van der Waals surface area (Å²) in [6.45, 7) is 10.2. The first-order valence-electron chi connectivity index (χ1n) is 12.0. The molecule has 1 aromatic carbocycles. The molecule has 2 amide bonds. The molecule has 1 aliphatic carbocycles. The Labute approximate surface area is 218 Å². The van der Waals surface area contributed by atoms with Crippen molar-refractivity contribution in [2.45, 2.75) is 37.8 Å². The fourth-order valence-electron chi connectivity index (χ4n) is 4.69. The van der Waals surface area contributed by atoms with Gasteiger partial charge in [-0.05, 0) is 48.9 Å². The van der Waals surface area contributed by atoms with Gasteiger partial charge >= 0.3 is 0 Å². The molecule has 10 heteroatoms. The molecule has 0 bridgehead atoms. The molecule has 3 N–H and O–H groups in total. The lowest BCUT2D eigenvalue weighted by molar-refractivity contribution is -0.117. The number of thiophene rings is 1. The van der Waals surface area contributed by atoms with Crippen molar-refractivity contribution in [1.29, 1.82) is 0 Å². The molecule has 1 saturated heterocycles. The Morgan fingerprint density at radius 2 is 1.92 bits per heavy atom. The standard InChI is InChI=1S/C26H27ClN6O2S/c1-29-16-26(33-15-20(23(28)34)24(31-33)30-25(35)19-6-7-19)10-12-32(13-11-26)14-17-2-4-18(5-3-17)21-8-9-22(27)36-21/h2-5,8-9,15,19H,6-7,10-14,16H2,(H2,28,34)(H,30,31,35). The number of anilines is 1. The van der Waals surface area contributed by atoms with E-state index >= 15 is 0 Å². The zero-order chi connectivity index (χ0) is 25.3. The quantitative estimate of drug-likeness (QED) is 0.422. The number of hydrogen-bond donors (Lipinski definition) is 2. The van der Waals surface area contributed by atoms with Gasteiger partial charge in [-0.2, -0.15) is 5.10 Å². The molecule has 3 aromatic rings. The number of piperidine rings is 1. The lowest BCUT2D eigenvalue weighted by Gasteiger charge is -2.38. The average Bonchev–Trinajstić information content (AvgIpc) is 3.50. The number of primary amides is 1. The molecule has 5 rings (SSSR count). The van der Waals surface area contributed by atoms with Crippen molar-refractivity contribution < 1.29 is 9.59 Å². The third-order valence-corrected chi connectivity index (χ3v) is 8.31. The van der Waals surface area contributed by atoms with Crippen LogP contribution in [0.1, 0.15) is 41.6 Å². The van der Waals surface area contributed by atoms with Crippen molar-refractivity contribution in [3.8, 4) is 10.4 Å². The van der Waals surface area contributed by atoms with Crippen LogP contribution in [0.4, 0.5) is 5.82 Å². The van der Waals surface area contributed by atoms with Gasteiger partial charge in [0.05, 0.1) is 4.34 Å². The van der Waals surface area contributed by atoms with Gasteiger partial charge in [0.2, 0.25) is 12.5 Å². The smallest absolute Gasteiger partial charge is 0.254 e. The van der Waals surface area contributed by atoms with Gasteiger partial charge in [-0.15, -0.1) is 11.3 Å². The summed E-state index contributed by atoms with van der Waals surface area (Å²) >= 11 is 7.64. The van der Waals surface area contributed by atoms with E-state index in [1.54, 1.807) is 22.2 Å². The molecule has 1 aliphatic heterocycles. The number of carbonyl (C=O) groups excluding carboxylic acids is 2. The number of nitrogens with zero attached hydrogens (tertiary/aromatic N) is 4. The van der Waals surface area contributed by atoms with Gasteiger partial charge in [-0.3, -0.25) is 19.2 Å². The van der Waals surface area contributed by atoms with E-state index in [-0.39, 0.29) is 29.8 Å². The predicted octanol–water partition coefficient (Wildman–Crippen LogP) is 4.62. The molecule has 1 saturated carbocycles. The van der Waals surface area contributed by atoms with Gasteiger partial charge < -0.3 is 15.9 Å². The van der Waals surface area contributed by atoms with Crippen molar-refractivity contribution in [2.24, 2.45) is 11.7 Å². The fraction of sp³-hybridized carbons (Fsp3) is 0.385. The molecule has 0 spiro atoms. The Morgan fingerprint density at radius 3 is 2.50 bits per heavy atom. The highest BCUT2D eigenvalue weighted by Crippen LogP contribution is 2.35. The monoisotopic (exact) mass is 522 g/mol. The van der Waals surface area contributed by atoms with E-state index in [9.17, 15) is 9.59 Å². The molecule has 2 aliphatic rings. The van der Waals surface area contributed by atoms with E-state index in [0.717, 1.165) is 47.3 Å². The molecule has 0 unspecified atom stereocenters. The zero-order valence-electron chi connectivity index (χ0n) is 19.7. The van der Waals surface area contributed by atoms with Crippen LogP contribution in [0, 0.1) is 12.5 Å². The maximum absolute atomic E-state index is 12.3. The molecule has 3 heterocycles. The minimum absolute atomic E-state index is 0.0199. The normalized spacial score (nSPS) is 17.4. The lowest BCUT2D eigenvalue weighted by Crippen LogP contribution is -2.47. The number of benzene rings is 1. The number of rotatable bonds is 8. The summed E-state index contributed by atoms with van der Waals surface area (Å²) in [6, 6.07) is 12.5. The second-order valence-corrected chi connectivity index (χ2v) is 11.3. The lowest BCUT2D eigenvalue weighted by atomic mass is 9.87. The second-order valence-electron chi connectivity index (χ2n) is 9.58. The van der Waals surface area contributed by atoms with Crippen LogP contribution in [0.15, 0.2) is 42.6 Å². The third-order valence-electron chi connectivity index (χ3n) is 7.03. The number of nitrogens with one attached hydrogen (secondary N) is 1. The van der Waals surface area contributed by atoms with Crippen LogP contribution < -0.4 is 11.1 Å². The first-order chi connectivity index (χ1) is 17.4. The molecular weight excluding hydrogens is 496 g/mol. The number of carbonyl (C=O) groups is 2. The molecule has 2 fully saturated rings. The number of amides is 2. The number of halogens is 1. The maximum atomic E-state index is 12.3. The van der Waals surface area contributed by atoms with Crippen LogP contribution >= 0.6 is 22.9 Å². The summed E-state index contributed by atoms with van der Waals surface area (Å²) in [5.41, 5.74) is 7.59. The largest absolute Gasteiger partial charge is 0.365 e. The van der Waals surface area contributed by atoms with Crippen molar-refractivity contribution >= 4 is 40.6 Å². The van der Waals surface area contributed by atoms with Gasteiger partial charge in [0.15, 0.2) is 5.82 Å². The van der Waals surface area contributed by atoms with E-state index in [4.69, 9.17) is 23.9 Å². The van der Waals surface area contributed by atoms with Crippen LogP contribution in [0.3, 0.4) is 0 Å². The average molecular weight is 523 g/mol. The number of likely N-dealkylation sites (tertiary alicyclic amines) is 1. The van der Waals surface area contributed by atoms with Gasteiger partial charge in [-0.1, -0.05) is 35.9 Å². The number of nitrogens with two attached hydrogens (primary N) is 1. The van der Waals surface area contributed by atoms with E-state index < -0.39 is 11.4 Å². The first kappa shape index (κ1) is 24.5.